The predicted octanol–water partition coefficient (Wildman–Crippen LogP) is 2.31. The summed E-state index contributed by atoms with van der Waals surface area (Å²) in [6.07, 6.45) is -1.40. The van der Waals surface area contributed by atoms with Gasteiger partial charge in [-0.25, -0.2) is 0 Å². The number of aliphatic hydroxyl groups excluding tert-OH is 1. The van der Waals surface area contributed by atoms with Crippen LogP contribution in [0.25, 0.3) is 10.8 Å². The van der Waals surface area contributed by atoms with E-state index in [1.807, 2.05) is 42.5 Å². The van der Waals surface area contributed by atoms with Crippen molar-refractivity contribution >= 4 is 23.2 Å². The maximum atomic E-state index is 9.30. The van der Waals surface area contributed by atoms with Crippen LogP contribution in [0.5, 0.6) is 5.75 Å². The SMILES string of the molecule is CC(O)C(N)Oc1cccc2ccccc12.Cl. The van der Waals surface area contributed by atoms with Crippen molar-refractivity contribution < 1.29 is 9.84 Å². The molecule has 0 heterocycles. The highest BCUT2D eigenvalue weighted by atomic mass is 35.5. The maximum Gasteiger partial charge on any atom is 0.173 e. The molecule has 0 amide bonds. The normalized spacial score (nSPS) is 13.8. The number of hydrogen-bond acceptors (Lipinski definition) is 3. The lowest BCUT2D eigenvalue weighted by Crippen LogP contribution is -2.37. The number of nitrogens with two attached hydrogens (primary N) is 1. The molecule has 0 aliphatic carbocycles. The van der Waals surface area contributed by atoms with Crippen LogP contribution in [0.1, 0.15) is 6.92 Å². The summed E-state index contributed by atoms with van der Waals surface area (Å²) in [5, 5.41) is 11.4. The van der Waals surface area contributed by atoms with Crippen LogP contribution in [0.2, 0.25) is 0 Å². The zero-order valence-corrected chi connectivity index (χ0v) is 10.4. The first-order valence-electron chi connectivity index (χ1n) is 5.26. The summed E-state index contributed by atoms with van der Waals surface area (Å²) < 4.78 is 5.52. The molecule has 0 radical (unpaired) electrons. The lowest BCUT2D eigenvalue weighted by atomic mass is 10.1. The minimum atomic E-state index is -0.703. The summed E-state index contributed by atoms with van der Waals surface area (Å²) in [6.45, 7) is 1.61. The van der Waals surface area contributed by atoms with E-state index in [0.717, 1.165) is 10.8 Å². The van der Waals surface area contributed by atoms with E-state index in [-0.39, 0.29) is 12.4 Å². The first-order valence-corrected chi connectivity index (χ1v) is 5.26. The molecular formula is C13H16ClNO2. The van der Waals surface area contributed by atoms with Crippen molar-refractivity contribution in [1.29, 1.82) is 0 Å². The Hall–Kier alpha value is -1.29. The molecule has 0 aliphatic rings. The second-order valence-corrected chi connectivity index (χ2v) is 3.80. The molecule has 4 heteroatoms. The highest BCUT2D eigenvalue weighted by Crippen LogP contribution is 2.25. The number of benzene rings is 2. The number of hydrogen-bond donors (Lipinski definition) is 2. The van der Waals surface area contributed by atoms with Gasteiger partial charge in [0.05, 0.1) is 0 Å². The zero-order valence-electron chi connectivity index (χ0n) is 9.54. The van der Waals surface area contributed by atoms with Crippen molar-refractivity contribution in [3.63, 3.8) is 0 Å². The number of ether oxygens (including phenoxy) is 1. The minimum Gasteiger partial charge on any atom is -0.472 e. The summed E-state index contributed by atoms with van der Waals surface area (Å²) in [6, 6.07) is 13.7. The van der Waals surface area contributed by atoms with E-state index in [9.17, 15) is 5.11 Å². The third-order valence-corrected chi connectivity index (χ3v) is 2.49. The smallest absolute Gasteiger partial charge is 0.173 e. The lowest BCUT2D eigenvalue weighted by molar-refractivity contribution is 0.0538. The fraction of sp³-hybridized carbons (Fsp3) is 0.231. The lowest BCUT2D eigenvalue weighted by Gasteiger charge is -2.18. The van der Waals surface area contributed by atoms with Crippen LogP contribution in [0.15, 0.2) is 42.5 Å². The Morgan fingerprint density at radius 3 is 2.47 bits per heavy atom. The van der Waals surface area contributed by atoms with Crippen LogP contribution < -0.4 is 10.5 Å². The molecule has 0 aromatic heterocycles. The molecule has 0 fully saturated rings. The van der Waals surface area contributed by atoms with Gasteiger partial charge in [-0.1, -0.05) is 36.4 Å². The first kappa shape index (κ1) is 13.8. The first-order chi connectivity index (χ1) is 7.68. The summed E-state index contributed by atoms with van der Waals surface area (Å²) in [7, 11) is 0. The van der Waals surface area contributed by atoms with Gasteiger partial charge in [0, 0.05) is 5.39 Å². The summed E-state index contributed by atoms with van der Waals surface area (Å²) >= 11 is 0. The minimum absolute atomic E-state index is 0. The molecule has 92 valence electrons. The van der Waals surface area contributed by atoms with Gasteiger partial charge in [0.25, 0.3) is 0 Å². The van der Waals surface area contributed by atoms with E-state index >= 15 is 0 Å². The van der Waals surface area contributed by atoms with Gasteiger partial charge in [0.1, 0.15) is 11.9 Å². The molecule has 3 N–H and O–H groups in total. The predicted molar refractivity (Wildman–Crippen MR) is 71.5 cm³/mol. The Labute approximate surface area is 107 Å². The van der Waals surface area contributed by atoms with Gasteiger partial charge in [-0.2, -0.15) is 0 Å². The van der Waals surface area contributed by atoms with Gasteiger partial charge < -0.3 is 9.84 Å². The Morgan fingerprint density at radius 1 is 1.12 bits per heavy atom. The van der Waals surface area contributed by atoms with Crippen molar-refractivity contribution in [3.05, 3.63) is 42.5 Å². The van der Waals surface area contributed by atoms with E-state index in [4.69, 9.17) is 10.5 Å². The number of rotatable bonds is 3. The maximum absolute atomic E-state index is 9.30. The molecule has 3 nitrogen and oxygen atoms in total. The Bertz CT molecular complexity index is 482. The Balaban J connectivity index is 0.00000144. The standard InChI is InChI=1S/C13H15NO2.ClH/c1-9(15)13(14)16-12-8-4-6-10-5-2-3-7-11(10)12;/h2-9,13,15H,14H2,1H3;1H. The second kappa shape index (κ2) is 5.87. The topological polar surface area (TPSA) is 55.5 Å². The molecule has 2 aromatic rings. The van der Waals surface area contributed by atoms with Gasteiger partial charge in [-0.15, -0.1) is 12.4 Å². The highest BCUT2D eigenvalue weighted by molar-refractivity contribution is 5.88. The third kappa shape index (κ3) is 3.09. The van der Waals surface area contributed by atoms with E-state index in [2.05, 4.69) is 0 Å². The van der Waals surface area contributed by atoms with Crippen molar-refractivity contribution in [1.82, 2.24) is 0 Å². The number of halogens is 1. The average molecular weight is 254 g/mol. The van der Waals surface area contributed by atoms with E-state index in [0.29, 0.717) is 5.75 Å². The van der Waals surface area contributed by atoms with Crippen molar-refractivity contribution in [3.8, 4) is 5.75 Å². The van der Waals surface area contributed by atoms with Crippen LogP contribution in [0.4, 0.5) is 0 Å². The van der Waals surface area contributed by atoms with Gasteiger partial charge in [-0.05, 0) is 18.4 Å². The molecular weight excluding hydrogens is 238 g/mol. The summed E-state index contributed by atoms with van der Waals surface area (Å²) in [5.41, 5.74) is 5.67. The van der Waals surface area contributed by atoms with Crippen LogP contribution in [0.3, 0.4) is 0 Å². The van der Waals surface area contributed by atoms with Gasteiger partial charge >= 0.3 is 0 Å². The monoisotopic (exact) mass is 253 g/mol. The van der Waals surface area contributed by atoms with Gasteiger partial charge in [0.15, 0.2) is 6.23 Å². The third-order valence-electron chi connectivity index (χ3n) is 2.49. The highest BCUT2D eigenvalue weighted by Gasteiger charge is 2.12. The van der Waals surface area contributed by atoms with Crippen LogP contribution in [-0.2, 0) is 0 Å². The molecule has 0 aliphatic heterocycles. The largest absolute Gasteiger partial charge is 0.472 e. The molecule has 2 rings (SSSR count). The molecule has 2 aromatic carbocycles. The van der Waals surface area contributed by atoms with Crippen molar-refractivity contribution in [2.45, 2.75) is 19.3 Å². The molecule has 17 heavy (non-hydrogen) atoms. The molecule has 0 spiro atoms. The van der Waals surface area contributed by atoms with Gasteiger partial charge in [0.2, 0.25) is 0 Å². The van der Waals surface area contributed by atoms with Crippen molar-refractivity contribution in [2.75, 3.05) is 0 Å². The molecule has 0 bridgehead atoms. The van der Waals surface area contributed by atoms with Crippen molar-refractivity contribution in [2.24, 2.45) is 5.73 Å². The fourth-order valence-electron chi connectivity index (χ4n) is 1.54. The zero-order chi connectivity index (χ0) is 11.5. The molecule has 0 saturated carbocycles. The summed E-state index contributed by atoms with van der Waals surface area (Å²) in [5.74, 6) is 0.700. The molecule has 2 unspecified atom stereocenters. The van der Waals surface area contributed by atoms with Gasteiger partial charge in [-0.3, -0.25) is 5.73 Å². The summed E-state index contributed by atoms with van der Waals surface area (Å²) in [4.78, 5) is 0. The Kier molecular flexibility index (Phi) is 4.75. The second-order valence-electron chi connectivity index (χ2n) is 3.80. The van der Waals surface area contributed by atoms with Crippen LogP contribution in [-0.4, -0.2) is 17.4 Å². The van der Waals surface area contributed by atoms with Crippen LogP contribution in [0, 0.1) is 0 Å². The van der Waals surface area contributed by atoms with E-state index in [1.54, 1.807) is 6.92 Å². The number of aliphatic hydroxyl groups is 1. The Morgan fingerprint density at radius 2 is 1.76 bits per heavy atom. The molecule has 0 saturated heterocycles. The molecule has 2 atom stereocenters. The fourth-order valence-corrected chi connectivity index (χ4v) is 1.54. The quantitative estimate of drug-likeness (QED) is 0.826. The van der Waals surface area contributed by atoms with Crippen LogP contribution >= 0.6 is 12.4 Å². The average Bonchev–Trinajstić information content (AvgIpc) is 2.29. The van der Waals surface area contributed by atoms with E-state index in [1.165, 1.54) is 0 Å². The number of fused-ring (bicyclic) bond motifs is 1. The van der Waals surface area contributed by atoms with E-state index < -0.39 is 12.3 Å².